The van der Waals surface area contributed by atoms with E-state index in [2.05, 4.69) is 0 Å². The standard InChI is InChI=1S/C7H13O2P.Ca.Zn.2H/c1-7(9-10-8)5-3-2-4-6-7;;;;/h2-6H2,1H3;;;;/q;+2;;2*-1. The molecule has 1 rings (SSSR count). The molecule has 0 aromatic rings. The van der Waals surface area contributed by atoms with Gasteiger partial charge >= 0.3 is 46.4 Å². The van der Waals surface area contributed by atoms with Crippen LogP contribution in [0.15, 0.2) is 0 Å². The molecule has 0 amide bonds. The maximum Gasteiger partial charge on any atom is 2.00 e. The minimum atomic E-state index is -0.167. The molecule has 0 unspecified atom stereocenters. The third-order valence-electron chi connectivity index (χ3n) is 2.17. The first kappa shape index (κ1) is 16.4. The Morgan fingerprint density at radius 2 is 1.83 bits per heavy atom. The zero-order chi connectivity index (χ0) is 7.45. The van der Waals surface area contributed by atoms with Crippen LogP contribution in [0.5, 0.6) is 0 Å². The Kier molecular flexibility index (Phi) is 11.3. The molecule has 12 heavy (non-hydrogen) atoms. The molecule has 2 nitrogen and oxygen atoms in total. The normalized spacial score (nSPS) is 20.8. The second-order valence-corrected chi connectivity index (χ2v) is 3.51. The Bertz CT molecular complexity index is 137. The average molecular weight is 268 g/mol. The van der Waals surface area contributed by atoms with E-state index in [4.69, 9.17) is 4.52 Å². The summed E-state index contributed by atoms with van der Waals surface area (Å²) in [5.41, 5.74) is -0.0957. The molecule has 0 radical (unpaired) electrons. The Morgan fingerprint density at radius 1 is 1.33 bits per heavy atom. The van der Waals surface area contributed by atoms with Gasteiger partial charge in [-0.05, 0) is 19.8 Å². The van der Waals surface area contributed by atoms with Crippen molar-refractivity contribution in [3.63, 3.8) is 0 Å². The first-order valence-corrected chi connectivity index (χ1v) is 4.51. The van der Waals surface area contributed by atoms with Crippen LogP contribution < -0.4 is 0 Å². The molecule has 1 fully saturated rings. The molecule has 0 aromatic heterocycles. The first-order valence-electron chi connectivity index (χ1n) is 3.78. The van der Waals surface area contributed by atoms with Gasteiger partial charge in [0.25, 0.3) is 0 Å². The summed E-state index contributed by atoms with van der Waals surface area (Å²) < 4.78 is 15.2. The zero-order valence-electron chi connectivity index (χ0n) is 9.71. The average Bonchev–Trinajstić information content (AvgIpc) is 1.89. The third kappa shape index (κ3) is 5.63. The molecule has 1 saturated carbocycles. The van der Waals surface area contributed by atoms with E-state index in [0.717, 1.165) is 12.8 Å². The van der Waals surface area contributed by atoms with Crippen molar-refractivity contribution in [2.24, 2.45) is 0 Å². The number of hydrogen-bond acceptors (Lipinski definition) is 2. The molecule has 0 heterocycles. The van der Waals surface area contributed by atoms with Gasteiger partial charge < -0.3 is 2.85 Å². The topological polar surface area (TPSA) is 26.3 Å². The van der Waals surface area contributed by atoms with E-state index < -0.39 is 0 Å². The molecule has 0 N–H and O–H groups in total. The Balaban J connectivity index is -0.000000125. The molecule has 64 valence electrons. The molecular formula is C7H15CaO2PZn. The van der Waals surface area contributed by atoms with E-state index in [1.165, 1.54) is 19.3 Å². The van der Waals surface area contributed by atoms with Crippen LogP contribution in [0.4, 0.5) is 0 Å². The van der Waals surface area contributed by atoms with Crippen molar-refractivity contribution in [3.8, 4) is 0 Å². The molecule has 0 spiro atoms. The molecule has 0 aromatic carbocycles. The summed E-state index contributed by atoms with van der Waals surface area (Å²) in [6.45, 7) is 2.04. The van der Waals surface area contributed by atoms with Crippen molar-refractivity contribution < 1.29 is 31.4 Å². The van der Waals surface area contributed by atoms with Crippen molar-refractivity contribution in [1.29, 1.82) is 0 Å². The van der Waals surface area contributed by atoms with E-state index in [1.807, 2.05) is 6.92 Å². The maximum absolute atomic E-state index is 10.2. The van der Waals surface area contributed by atoms with E-state index in [1.54, 1.807) is 0 Å². The van der Waals surface area contributed by atoms with Crippen molar-refractivity contribution in [1.82, 2.24) is 0 Å². The van der Waals surface area contributed by atoms with Crippen molar-refractivity contribution >= 4 is 46.4 Å². The SMILES string of the molecule is CC1(OP=O)CCCCC1.[Ca+2].[H-].[H-].[Zn]. The fourth-order valence-corrected chi connectivity index (χ4v) is 1.84. The van der Waals surface area contributed by atoms with Crippen LogP contribution in [-0.2, 0) is 28.6 Å². The van der Waals surface area contributed by atoms with Crippen LogP contribution in [-0.4, -0.2) is 43.3 Å². The van der Waals surface area contributed by atoms with Crippen LogP contribution in [0.3, 0.4) is 0 Å². The second kappa shape index (κ2) is 8.27. The molecular weight excluding hydrogens is 253 g/mol. The van der Waals surface area contributed by atoms with Gasteiger partial charge in [0.15, 0.2) is 0 Å². The fraction of sp³-hybridized carbons (Fsp3) is 1.00. The molecule has 0 bridgehead atoms. The van der Waals surface area contributed by atoms with Gasteiger partial charge in [-0.15, -0.1) is 0 Å². The summed E-state index contributed by atoms with van der Waals surface area (Å²) in [4.78, 5) is 0. The van der Waals surface area contributed by atoms with Crippen LogP contribution >= 0.6 is 8.69 Å². The summed E-state index contributed by atoms with van der Waals surface area (Å²) in [5.74, 6) is 0. The van der Waals surface area contributed by atoms with Crippen LogP contribution in [0, 0.1) is 0 Å². The van der Waals surface area contributed by atoms with E-state index >= 15 is 0 Å². The van der Waals surface area contributed by atoms with Gasteiger partial charge in [0, 0.05) is 19.5 Å². The Hall–Kier alpha value is 1.94. The van der Waals surface area contributed by atoms with Crippen LogP contribution in [0.25, 0.3) is 0 Å². The summed E-state index contributed by atoms with van der Waals surface area (Å²) in [6.07, 6.45) is 5.84. The third-order valence-corrected chi connectivity index (χ3v) is 2.68. The molecule has 1 aliphatic carbocycles. The minimum absolute atomic E-state index is 0. The van der Waals surface area contributed by atoms with Crippen LogP contribution in [0.2, 0.25) is 0 Å². The molecule has 0 aliphatic heterocycles. The monoisotopic (exact) mass is 266 g/mol. The summed E-state index contributed by atoms with van der Waals surface area (Å²) >= 11 is 0. The predicted molar refractivity (Wildman–Crippen MR) is 48.2 cm³/mol. The van der Waals surface area contributed by atoms with Gasteiger partial charge in [-0.1, -0.05) is 19.3 Å². The van der Waals surface area contributed by atoms with E-state index in [-0.39, 0.29) is 74.4 Å². The van der Waals surface area contributed by atoms with Gasteiger partial charge in [0.1, 0.15) is 0 Å². The molecule has 5 heteroatoms. The molecule has 0 atom stereocenters. The summed E-state index contributed by atoms with van der Waals surface area (Å²) in [7, 11) is -0.167. The maximum atomic E-state index is 10.2. The zero-order valence-corrected chi connectivity index (χ0v) is 13.8. The summed E-state index contributed by atoms with van der Waals surface area (Å²) in [6, 6.07) is 0. The predicted octanol–water partition coefficient (Wildman–Crippen LogP) is 2.77. The Morgan fingerprint density at radius 3 is 2.25 bits per heavy atom. The number of rotatable bonds is 2. The fourth-order valence-electron chi connectivity index (χ4n) is 1.48. The van der Waals surface area contributed by atoms with Crippen LogP contribution in [0.1, 0.15) is 41.9 Å². The largest absolute Gasteiger partial charge is 2.00 e. The summed E-state index contributed by atoms with van der Waals surface area (Å²) in [5, 5.41) is 0. The molecule has 1 aliphatic rings. The van der Waals surface area contributed by atoms with Gasteiger partial charge in [0.2, 0.25) is 0 Å². The Labute approximate surface area is 121 Å². The van der Waals surface area contributed by atoms with E-state index in [0.29, 0.717) is 0 Å². The van der Waals surface area contributed by atoms with E-state index in [9.17, 15) is 4.57 Å². The van der Waals surface area contributed by atoms with Gasteiger partial charge in [0.05, 0.1) is 5.60 Å². The first-order chi connectivity index (χ1) is 4.77. The molecule has 0 saturated heterocycles. The van der Waals surface area contributed by atoms with Crippen molar-refractivity contribution in [2.45, 2.75) is 44.6 Å². The smallest absolute Gasteiger partial charge is 1.00 e. The van der Waals surface area contributed by atoms with Crippen molar-refractivity contribution in [3.05, 3.63) is 0 Å². The van der Waals surface area contributed by atoms with Gasteiger partial charge in [-0.2, -0.15) is 0 Å². The quantitative estimate of drug-likeness (QED) is 0.568. The van der Waals surface area contributed by atoms with Crippen molar-refractivity contribution in [2.75, 3.05) is 0 Å². The van der Waals surface area contributed by atoms with Gasteiger partial charge in [-0.3, -0.25) is 4.52 Å². The second-order valence-electron chi connectivity index (χ2n) is 3.18. The van der Waals surface area contributed by atoms with Gasteiger partial charge in [-0.25, -0.2) is 4.57 Å². The number of hydrogen-bond donors (Lipinski definition) is 0. The minimum Gasteiger partial charge on any atom is -1.00 e.